The van der Waals surface area contributed by atoms with Crippen LogP contribution in [-0.2, 0) is 18.8 Å². The maximum absolute atomic E-state index is 13.8. The normalized spacial score (nSPS) is 13.2. The molecule has 3 N–H and O–H groups in total. The Morgan fingerprint density at radius 2 is 1.91 bits per heavy atom. The highest BCUT2D eigenvalue weighted by atomic mass is 16.5. The minimum atomic E-state index is -0.499. The Labute approximate surface area is 271 Å². The van der Waals surface area contributed by atoms with Crippen LogP contribution in [0.5, 0.6) is 5.88 Å². The largest absolute Gasteiger partial charge is 0.479 e. The number of nitrogens with zero attached hydrogens (tertiary/aromatic N) is 5. The number of unbranched alkanes of at least 4 members (excludes halogenated alkanes) is 2. The van der Waals surface area contributed by atoms with Gasteiger partial charge in [0.25, 0.3) is 0 Å². The van der Waals surface area contributed by atoms with E-state index in [2.05, 4.69) is 27.6 Å². The molecule has 46 heavy (non-hydrogen) atoms. The number of pyridine rings is 1. The van der Waals surface area contributed by atoms with Crippen molar-refractivity contribution in [3.63, 3.8) is 0 Å². The summed E-state index contributed by atoms with van der Waals surface area (Å²) in [5.74, 6) is 0.483. The fourth-order valence-corrected chi connectivity index (χ4v) is 5.84. The van der Waals surface area contributed by atoms with Crippen LogP contribution < -0.4 is 21.1 Å². The predicted molar refractivity (Wildman–Crippen MR) is 186 cm³/mol. The smallest absolute Gasteiger partial charge is 0.407 e. The summed E-state index contributed by atoms with van der Waals surface area (Å²) in [7, 11) is 8.53. The van der Waals surface area contributed by atoms with Crippen molar-refractivity contribution in [2.24, 2.45) is 14.1 Å². The molecule has 0 aliphatic carbocycles. The van der Waals surface area contributed by atoms with Crippen molar-refractivity contribution >= 4 is 33.7 Å². The summed E-state index contributed by atoms with van der Waals surface area (Å²) >= 11 is 0. The quantitative estimate of drug-likeness (QED) is 0.120. The monoisotopic (exact) mass is 636 g/mol. The highest BCUT2D eigenvalue weighted by Gasteiger charge is 2.28. The Balaban J connectivity index is 0.000000738. The number of rotatable bonds is 13. The van der Waals surface area contributed by atoms with Crippen LogP contribution in [0.1, 0.15) is 78.3 Å². The minimum absolute atomic E-state index is 0.142. The number of imidazole rings is 1. The number of methoxy groups -OCH3 is 2. The van der Waals surface area contributed by atoms with Crippen LogP contribution in [0.3, 0.4) is 0 Å². The van der Waals surface area contributed by atoms with E-state index in [1.54, 1.807) is 29.6 Å². The molecule has 1 amide bonds. The summed E-state index contributed by atoms with van der Waals surface area (Å²) in [6.45, 7) is 11.3. The van der Waals surface area contributed by atoms with E-state index in [1.807, 2.05) is 70.8 Å². The first-order valence-corrected chi connectivity index (χ1v) is 16.1. The number of fused-ring (bicyclic) bond motifs is 3. The van der Waals surface area contributed by atoms with Crippen LogP contribution in [0.4, 0.5) is 4.79 Å². The fraction of sp³-hybridized carbons (Fsp3) is 0.529. The molecule has 0 saturated carbocycles. The molecule has 0 aliphatic heterocycles. The van der Waals surface area contributed by atoms with Crippen LogP contribution in [-0.4, -0.2) is 68.8 Å². The number of aryl methyl sites for hydroxylation is 2. The van der Waals surface area contributed by atoms with Gasteiger partial charge < -0.3 is 25.1 Å². The van der Waals surface area contributed by atoms with Gasteiger partial charge in [0.05, 0.1) is 48.1 Å². The summed E-state index contributed by atoms with van der Waals surface area (Å²) in [4.78, 5) is 33.9. The molecule has 0 aromatic carbocycles. The lowest BCUT2D eigenvalue weighted by molar-refractivity contribution is 0.165. The Kier molecular flexibility index (Phi) is 13.2. The van der Waals surface area contributed by atoms with Gasteiger partial charge in [0.1, 0.15) is 5.65 Å². The van der Waals surface area contributed by atoms with E-state index in [9.17, 15) is 9.59 Å². The number of hydrogen-bond acceptors (Lipinski definition) is 7. The molecule has 0 radical (unpaired) electrons. The van der Waals surface area contributed by atoms with E-state index in [0.29, 0.717) is 24.4 Å². The van der Waals surface area contributed by atoms with E-state index in [-0.39, 0.29) is 17.8 Å². The number of nitrogens with one attached hydrogen (secondary N) is 3. The number of carbonyl (C=O) groups is 1. The number of carbonyl (C=O) groups excluding carboxylic acids is 1. The van der Waals surface area contributed by atoms with Crippen molar-refractivity contribution in [3.8, 4) is 17.1 Å². The number of ether oxygens (including phenoxy) is 2. The third kappa shape index (κ3) is 7.72. The first-order valence-electron chi connectivity index (χ1n) is 16.1. The molecule has 0 saturated heterocycles. The van der Waals surface area contributed by atoms with Crippen molar-refractivity contribution in [2.75, 3.05) is 27.8 Å². The summed E-state index contributed by atoms with van der Waals surface area (Å²) in [6.07, 6.45) is 14.4. The third-order valence-corrected chi connectivity index (χ3v) is 8.12. The van der Waals surface area contributed by atoms with Gasteiger partial charge in [0.15, 0.2) is 0 Å². The zero-order chi connectivity index (χ0) is 34.0. The van der Waals surface area contributed by atoms with E-state index < -0.39 is 6.09 Å². The van der Waals surface area contributed by atoms with E-state index in [0.717, 1.165) is 38.8 Å². The Morgan fingerprint density at radius 1 is 1.17 bits per heavy atom. The number of allylic oxidation sites excluding steroid dienone is 4. The zero-order valence-corrected chi connectivity index (χ0v) is 29.2. The van der Waals surface area contributed by atoms with Gasteiger partial charge in [-0.25, -0.2) is 14.6 Å². The highest BCUT2D eigenvalue weighted by Crippen LogP contribution is 2.41. The topological polar surface area (TPSA) is 133 Å². The molecule has 0 fully saturated rings. The van der Waals surface area contributed by atoms with Crippen molar-refractivity contribution in [2.45, 2.75) is 78.8 Å². The Hall–Kier alpha value is -4.32. The molecular weight excluding hydrogens is 584 g/mol. The molecule has 0 aliphatic rings. The molecule has 4 aromatic heterocycles. The second-order valence-electron chi connectivity index (χ2n) is 11.4. The van der Waals surface area contributed by atoms with E-state index >= 15 is 0 Å². The van der Waals surface area contributed by atoms with Crippen LogP contribution in [0.2, 0.25) is 0 Å². The molecule has 0 bridgehead atoms. The number of aromatic amines is 1. The first kappa shape index (κ1) is 36.2. The average Bonchev–Trinajstić information content (AvgIpc) is 3.70. The van der Waals surface area contributed by atoms with Crippen LogP contribution in [0, 0.1) is 0 Å². The molecule has 0 spiro atoms. The molecule has 4 rings (SSSR count). The van der Waals surface area contributed by atoms with Crippen molar-refractivity contribution in [1.82, 2.24) is 39.5 Å². The highest BCUT2D eigenvalue weighted by molar-refractivity contribution is 6.12. The van der Waals surface area contributed by atoms with Crippen molar-refractivity contribution in [3.05, 3.63) is 46.7 Å². The van der Waals surface area contributed by atoms with Crippen LogP contribution in [0.15, 0.2) is 35.4 Å². The molecule has 252 valence electrons. The van der Waals surface area contributed by atoms with Gasteiger partial charge >= 0.3 is 11.8 Å². The molecule has 2 atom stereocenters. The molecule has 4 aromatic rings. The summed E-state index contributed by atoms with van der Waals surface area (Å²) in [5, 5.41) is 11.2. The lowest BCUT2D eigenvalue weighted by atomic mass is 9.98. The number of amides is 1. The van der Waals surface area contributed by atoms with E-state index in [4.69, 9.17) is 14.5 Å². The number of H-pyrrole nitrogens is 1. The number of hydrogen-bond donors (Lipinski definition) is 3. The van der Waals surface area contributed by atoms with Gasteiger partial charge in [-0.3, -0.25) is 13.8 Å². The second kappa shape index (κ2) is 16.8. The molecule has 2 unspecified atom stereocenters. The summed E-state index contributed by atoms with van der Waals surface area (Å²) in [6, 6.07) is -0.397. The van der Waals surface area contributed by atoms with E-state index in [1.165, 1.54) is 32.9 Å². The van der Waals surface area contributed by atoms with Crippen LogP contribution in [0.25, 0.3) is 38.9 Å². The maximum atomic E-state index is 13.8. The van der Waals surface area contributed by atoms with Crippen molar-refractivity contribution in [1.29, 1.82) is 0 Å². The lowest BCUT2D eigenvalue weighted by Crippen LogP contribution is -2.36. The Bertz CT molecular complexity index is 1720. The third-order valence-electron chi connectivity index (χ3n) is 8.12. The standard InChI is InChI=1S/C28H37N7O4.C6H15N/c1-9-12-17(10-2)21-22-24-20(14-29-25(22)31-23(21)19-15-33(5)32-26(19)38-7)34(6)28(37)35(24)18(11-3)13-16(4)30-27(36)39-8;1-3-4-5-6-7-2/h9-10,12,14-16,18H,11,13H2,1-8H3,(H,29,31)(H,30,36);7H,3-6H2,1-2H3/b12-9-,17-10+;. The predicted octanol–water partition coefficient (Wildman–Crippen LogP) is 6.09. The van der Waals surface area contributed by atoms with Gasteiger partial charge in [0, 0.05) is 37.9 Å². The average molecular weight is 637 g/mol. The SMILES string of the molecule is C/C=C\C(=C/C)c1c(-c2cn(C)nc2OC)[nH]c2ncc3c(c12)n(C(CC)CC(C)NC(=O)OC)c(=O)n3C.CCCCCNC. The minimum Gasteiger partial charge on any atom is -0.479 e. The van der Waals surface area contributed by atoms with Gasteiger partial charge in [0.2, 0.25) is 5.88 Å². The molecule has 12 heteroatoms. The van der Waals surface area contributed by atoms with Gasteiger partial charge in [-0.1, -0.05) is 44.9 Å². The van der Waals surface area contributed by atoms with Gasteiger partial charge in [-0.15, -0.1) is 5.10 Å². The van der Waals surface area contributed by atoms with Gasteiger partial charge in [-0.05, 0) is 59.2 Å². The number of aromatic nitrogens is 6. The Morgan fingerprint density at radius 3 is 2.50 bits per heavy atom. The molecule has 12 nitrogen and oxygen atoms in total. The summed E-state index contributed by atoms with van der Waals surface area (Å²) < 4.78 is 15.6. The molecule has 4 heterocycles. The second-order valence-corrected chi connectivity index (χ2v) is 11.4. The summed E-state index contributed by atoms with van der Waals surface area (Å²) in [5.41, 5.74) is 5.49. The van der Waals surface area contributed by atoms with Crippen LogP contribution >= 0.6 is 0 Å². The molecular formula is C34H52N8O4. The van der Waals surface area contributed by atoms with Crippen molar-refractivity contribution < 1.29 is 14.3 Å². The van der Waals surface area contributed by atoms with Gasteiger partial charge in [-0.2, -0.15) is 0 Å². The number of alkyl carbamates (subject to hydrolysis) is 1. The maximum Gasteiger partial charge on any atom is 0.407 e. The first-order chi connectivity index (χ1) is 22.1. The lowest BCUT2D eigenvalue weighted by Gasteiger charge is -2.22. The fourth-order valence-electron chi connectivity index (χ4n) is 5.84. The zero-order valence-electron chi connectivity index (χ0n) is 29.2.